The van der Waals surface area contributed by atoms with E-state index >= 15 is 0 Å². The number of benzene rings is 2. The minimum absolute atomic E-state index is 0.705. The summed E-state index contributed by atoms with van der Waals surface area (Å²) in [6.07, 6.45) is 1.27. The molecule has 76 valence electrons. The van der Waals surface area contributed by atoms with Crippen molar-refractivity contribution in [3.05, 3.63) is 48.0 Å². The highest BCUT2D eigenvalue weighted by Crippen LogP contribution is 2.29. The van der Waals surface area contributed by atoms with Crippen LogP contribution in [0, 0.1) is 0 Å². The quantitative estimate of drug-likeness (QED) is 0.741. The monoisotopic (exact) mass is 197 g/mol. The Morgan fingerprint density at radius 2 is 1.87 bits per heavy atom. The Kier molecular flexibility index (Phi) is 2.18. The maximum Gasteiger partial charge on any atom is 0.00208 e. The lowest BCUT2D eigenvalue weighted by atomic mass is 9.93. The Morgan fingerprint density at radius 3 is 2.73 bits per heavy atom. The van der Waals surface area contributed by atoms with E-state index in [4.69, 9.17) is 0 Å². The summed E-state index contributed by atoms with van der Waals surface area (Å²) in [4.78, 5) is 0. The van der Waals surface area contributed by atoms with Crippen LogP contribution in [0.2, 0.25) is 0 Å². The van der Waals surface area contributed by atoms with Gasteiger partial charge in [-0.3, -0.25) is 0 Å². The molecule has 1 atom stereocenters. The highest BCUT2D eigenvalue weighted by atomic mass is 14.9. The molecule has 3 rings (SSSR count). The smallest absolute Gasteiger partial charge is 0.00208 e. The summed E-state index contributed by atoms with van der Waals surface area (Å²) >= 11 is 0. The standard InChI is InChI=1S/C14H15N/c1-2-6-13-11(4-1)5-3-7-14(13)12-8-9-15-10-12/h1-7,12,15H,8-10H2/t12-/m0/s1. The van der Waals surface area contributed by atoms with Gasteiger partial charge in [0, 0.05) is 6.54 Å². The molecule has 1 aliphatic rings. The van der Waals surface area contributed by atoms with Crippen LogP contribution >= 0.6 is 0 Å². The van der Waals surface area contributed by atoms with E-state index in [2.05, 4.69) is 47.8 Å². The van der Waals surface area contributed by atoms with Crippen molar-refractivity contribution >= 4 is 10.8 Å². The van der Waals surface area contributed by atoms with Crippen LogP contribution in [0.1, 0.15) is 17.9 Å². The molecule has 2 aromatic carbocycles. The molecule has 0 aliphatic carbocycles. The molecular formula is C14H15N. The van der Waals surface area contributed by atoms with E-state index in [1.165, 1.54) is 22.8 Å². The summed E-state index contributed by atoms with van der Waals surface area (Å²) in [6.45, 7) is 2.29. The summed E-state index contributed by atoms with van der Waals surface area (Å²) in [5, 5.41) is 6.22. The minimum Gasteiger partial charge on any atom is -0.316 e. The fourth-order valence-electron chi connectivity index (χ4n) is 2.53. The summed E-state index contributed by atoms with van der Waals surface area (Å²) in [7, 11) is 0. The Bertz CT molecular complexity index is 464. The van der Waals surface area contributed by atoms with Crippen LogP contribution in [0.25, 0.3) is 10.8 Å². The molecule has 1 fully saturated rings. The zero-order valence-corrected chi connectivity index (χ0v) is 8.74. The second kappa shape index (κ2) is 3.67. The first-order chi connectivity index (χ1) is 7.45. The normalized spacial score (nSPS) is 20.9. The van der Waals surface area contributed by atoms with Crippen LogP contribution in [0.15, 0.2) is 42.5 Å². The molecule has 1 heteroatoms. The summed E-state index contributed by atoms with van der Waals surface area (Å²) in [5.41, 5.74) is 1.51. The van der Waals surface area contributed by atoms with Gasteiger partial charge in [0.15, 0.2) is 0 Å². The van der Waals surface area contributed by atoms with Crippen molar-refractivity contribution in [1.29, 1.82) is 0 Å². The maximum absolute atomic E-state index is 3.44. The Labute approximate surface area is 90.1 Å². The van der Waals surface area contributed by atoms with Crippen molar-refractivity contribution in [2.75, 3.05) is 13.1 Å². The fourth-order valence-corrected chi connectivity index (χ4v) is 2.53. The number of nitrogens with one attached hydrogen (secondary N) is 1. The van der Waals surface area contributed by atoms with Gasteiger partial charge in [-0.15, -0.1) is 0 Å². The number of fused-ring (bicyclic) bond motifs is 1. The van der Waals surface area contributed by atoms with Gasteiger partial charge < -0.3 is 5.32 Å². The van der Waals surface area contributed by atoms with Gasteiger partial charge >= 0.3 is 0 Å². The van der Waals surface area contributed by atoms with Gasteiger partial charge in [-0.1, -0.05) is 42.5 Å². The number of rotatable bonds is 1. The first kappa shape index (κ1) is 8.93. The molecular weight excluding hydrogens is 182 g/mol. The largest absolute Gasteiger partial charge is 0.316 e. The highest BCUT2D eigenvalue weighted by Gasteiger charge is 2.17. The summed E-state index contributed by atoms with van der Waals surface area (Å²) in [5.74, 6) is 0.705. The van der Waals surface area contributed by atoms with Crippen LogP contribution in [0.4, 0.5) is 0 Å². The first-order valence-electron chi connectivity index (χ1n) is 5.63. The topological polar surface area (TPSA) is 12.0 Å². The zero-order valence-electron chi connectivity index (χ0n) is 8.74. The van der Waals surface area contributed by atoms with E-state index in [1.807, 2.05) is 0 Å². The van der Waals surface area contributed by atoms with E-state index in [0.29, 0.717) is 5.92 Å². The minimum atomic E-state index is 0.705. The Balaban J connectivity index is 2.16. The van der Waals surface area contributed by atoms with E-state index in [-0.39, 0.29) is 0 Å². The first-order valence-corrected chi connectivity index (χ1v) is 5.63. The Hall–Kier alpha value is -1.34. The third kappa shape index (κ3) is 1.53. The summed E-state index contributed by atoms with van der Waals surface area (Å²) < 4.78 is 0. The predicted molar refractivity (Wildman–Crippen MR) is 64.2 cm³/mol. The van der Waals surface area contributed by atoms with Gasteiger partial charge in [-0.25, -0.2) is 0 Å². The van der Waals surface area contributed by atoms with Crippen LogP contribution in [-0.4, -0.2) is 13.1 Å². The second-order valence-corrected chi connectivity index (χ2v) is 4.26. The van der Waals surface area contributed by atoms with Gasteiger partial charge in [-0.05, 0) is 35.2 Å². The molecule has 0 spiro atoms. The van der Waals surface area contributed by atoms with Crippen molar-refractivity contribution in [1.82, 2.24) is 5.32 Å². The number of hydrogen-bond donors (Lipinski definition) is 1. The van der Waals surface area contributed by atoms with Gasteiger partial charge in [0.05, 0.1) is 0 Å². The van der Waals surface area contributed by atoms with Crippen molar-refractivity contribution in [3.8, 4) is 0 Å². The average Bonchev–Trinajstić information content (AvgIpc) is 2.82. The third-order valence-corrected chi connectivity index (χ3v) is 3.32. The molecule has 0 bridgehead atoms. The Morgan fingerprint density at radius 1 is 1.00 bits per heavy atom. The molecule has 0 amide bonds. The molecule has 1 saturated heterocycles. The maximum atomic E-state index is 3.44. The van der Waals surface area contributed by atoms with Crippen molar-refractivity contribution < 1.29 is 0 Å². The third-order valence-electron chi connectivity index (χ3n) is 3.32. The van der Waals surface area contributed by atoms with E-state index in [9.17, 15) is 0 Å². The van der Waals surface area contributed by atoms with Crippen molar-refractivity contribution in [3.63, 3.8) is 0 Å². The molecule has 1 N–H and O–H groups in total. The molecule has 0 aromatic heterocycles. The fraction of sp³-hybridized carbons (Fsp3) is 0.286. The van der Waals surface area contributed by atoms with Crippen molar-refractivity contribution in [2.24, 2.45) is 0 Å². The summed E-state index contributed by atoms with van der Waals surface area (Å²) in [6, 6.07) is 15.3. The predicted octanol–water partition coefficient (Wildman–Crippen LogP) is 2.92. The SMILES string of the molecule is c1ccc2c([C@H]3CCNC3)cccc2c1. The van der Waals surface area contributed by atoms with Gasteiger partial charge in [0.2, 0.25) is 0 Å². The van der Waals surface area contributed by atoms with Crippen molar-refractivity contribution in [2.45, 2.75) is 12.3 Å². The molecule has 15 heavy (non-hydrogen) atoms. The molecule has 0 unspecified atom stereocenters. The molecule has 0 radical (unpaired) electrons. The molecule has 1 heterocycles. The highest BCUT2D eigenvalue weighted by molar-refractivity contribution is 5.86. The van der Waals surface area contributed by atoms with Crippen LogP contribution in [-0.2, 0) is 0 Å². The molecule has 2 aromatic rings. The lowest BCUT2D eigenvalue weighted by Gasteiger charge is -2.12. The lowest BCUT2D eigenvalue weighted by molar-refractivity contribution is 0.770. The average molecular weight is 197 g/mol. The van der Waals surface area contributed by atoms with Crippen LogP contribution in [0.5, 0.6) is 0 Å². The van der Waals surface area contributed by atoms with Crippen LogP contribution in [0.3, 0.4) is 0 Å². The van der Waals surface area contributed by atoms with E-state index < -0.39 is 0 Å². The van der Waals surface area contributed by atoms with Crippen LogP contribution < -0.4 is 5.32 Å². The van der Waals surface area contributed by atoms with Gasteiger partial charge in [-0.2, -0.15) is 0 Å². The zero-order chi connectivity index (χ0) is 10.1. The van der Waals surface area contributed by atoms with Gasteiger partial charge in [0.25, 0.3) is 0 Å². The molecule has 1 aliphatic heterocycles. The molecule has 0 saturated carbocycles. The second-order valence-electron chi connectivity index (χ2n) is 4.26. The lowest BCUT2D eigenvalue weighted by Crippen LogP contribution is -2.08. The van der Waals surface area contributed by atoms with Gasteiger partial charge in [0.1, 0.15) is 0 Å². The number of hydrogen-bond acceptors (Lipinski definition) is 1. The van der Waals surface area contributed by atoms with E-state index in [1.54, 1.807) is 0 Å². The van der Waals surface area contributed by atoms with E-state index in [0.717, 1.165) is 13.1 Å². The molecule has 1 nitrogen and oxygen atoms in total.